The number of aliphatic hydroxyl groups excluding tert-OH is 1. The van der Waals surface area contributed by atoms with Gasteiger partial charge in [0.05, 0.1) is 31.9 Å². The molecule has 20 heavy (non-hydrogen) atoms. The van der Waals surface area contributed by atoms with Gasteiger partial charge in [-0.1, -0.05) is 11.6 Å². The molecule has 0 spiro atoms. The van der Waals surface area contributed by atoms with E-state index < -0.39 is 0 Å². The molecule has 1 aromatic rings. The first-order valence-electron chi connectivity index (χ1n) is 6.45. The van der Waals surface area contributed by atoms with Crippen molar-refractivity contribution in [2.75, 3.05) is 27.4 Å². The number of hydrogen-bond acceptors (Lipinski definition) is 4. The topological polar surface area (TPSA) is 59.0 Å². The number of amides is 1. The summed E-state index contributed by atoms with van der Waals surface area (Å²) in [7, 11) is 2.99. The number of hydrogen-bond donors (Lipinski definition) is 1. The van der Waals surface area contributed by atoms with Crippen LogP contribution in [0.25, 0.3) is 0 Å². The van der Waals surface area contributed by atoms with E-state index in [2.05, 4.69) is 0 Å². The van der Waals surface area contributed by atoms with Gasteiger partial charge in [-0.25, -0.2) is 0 Å². The maximum absolute atomic E-state index is 12.5. The minimum absolute atomic E-state index is 0.0211. The lowest BCUT2D eigenvalue weighted by Gasteiger charge is -2.23. The van der Waals surface area contributed by atoms with Crippen LogP contribution in [0.15, 0.2) is 12.1 Å². The average Bonchev–Trinajstić information content (AvgIpc) is 2.93. The predicted octanol–water partition coefficient (Wildman–Crippen LogP) is 1.95. The van der Waals surface area contributed by atoms with Gasteiger partial charge in [0, 0.05) is 12.1 Å². The molecule has 5 nitrogen and oxygen atoms in total. The van der Waals surface area contributed by atoms with Crippen molar-refractivity contribution in [2.45, 2.75) is 18.9 Å². The fourth-order valence-corrected chi connectivity index (χ4v) is 2.79. The van der Waals surface area contributed by atoms with Gasteiger partial charge in [-0.3, -0.25) is 4.79 Å². The summed E-state index contributed by atoms with van der Waals surface area (Å²) in [5.74, 6) is 0.679. The lowest BCUT2D eigenvalue weighted by atomic mass is 10.1. The number of ether oxygens (including phenoxy) is 2. The van der Waals surface area contributed by atoms with Gasteiger partial charge in [-0.15, -0.1) is 0 Å². The molecule has 1 aromatic carbocycles. The third-order valence-corrected chi connectivity index (χ3v) is 3.81. The van der Waals surface area contributed by atoms with Gasteiger partial charge in [-0.2, -0.15) is 0 Å². The number of halogens is 1. The molecule has 0 saturated carbocycles. The zero-order valence-electron chi connectivity index (χ0n) is 11.6. The summed E-state index contributed by atoms with van der Waals surface area (Å²) in [6.07, 6.45) is 1.72. The van der Waals surface area contributed by atoms with Crippen LogP contribution in [0.3, 0.4) is 0 Å². The van der Waals surface area contributed by atoms with Gasteiger partial charge in [0.2, 0.25) is 0 Å². The monoisotopic (exact) mass is 299 g/mol. The molecule has 0 aromatic heterocycles. The van der Waals surface area contributed by atoms with Crippen LogP contribution in [0, 0.1) is 0 Å². The standard InChI is InChI=1S/C14H18ClNO4/c1-19-12-7-9(6-11(15)13(12)20-2)14(18)16-5-3-4-10(16)8-17/h6-7,10,17H,3-5,8H2,1-2H3/t10-/m1/s1. The third-order valence-electron chi connectivity index (χ3n) is 3.53. The summed E-state index contributed by atoms with van der Waals surface area (Å²) in [6.45, 7) is 0.628. The molecule has 1 aliphatic rings. The molecule has 0 bridgehead atoms. The summed E-state index contributed by atoms with van der Waals surface area (Å²) < 4.78 is 10.3. The fraction of sp³-hybridized carbons (Fsp3) is 0.500. The molecular weight excluding hydrogens is 282 g/mol. The first-order chi connectivity index (χ1) is 9.62. The van der Waals surface area contributed by atoms with Crippen molar-refractivity contribution in [1.29, 1.82) is 0 Å². The van der Waals surface area contributed by atoms with Gasteiger partial charge in [-0.05, 0) is 25.0 Å². The number of rotatable bonds is 4. The molecule has 1 N–H and O–H groups in total. The van der Waals surface area contributed by atoms with E-state index in [9.17, 15) is 9.90 Å². The molecule has 1 atom stereocenters. The maximum atomic E-state index is 12.5. The molecule has 1 heterocycles. The summed E-state index contributed by atoms with van der Waals surface area (Å²) >= 11 is 6.11. The molecule has 1 aliphatic heterocycles. The quantitative estimate of drug-likeness (QED) is 0.923. The number of nitrogens with zero attached hydrogens (tertiary/aromatic N) is 1. The van der Waals surface area contributed by atoms with Gasteiger partial charge < -0.3 is 19.5 Å². The Morgan fingerprint density at radius 2 is 2.20 bits per heavy atom. The summed E-state index contributed by atoms with van der Waals surface area (Å²) in [4.78, 5) is 14.2. The Hall–Kier alpha value is -1.46. The highest BCUT2D eigenvalue weighted by molar-refractivity contribution is 6.32. The number of aliphatic hydroxyl groups is 1. The maximum Gasteiger partial charge on any atom is 0.254 e. The van der Waals surface area contributed by atoms with E-state index in [0.717, 1.165) is 12.8 Å². The van der Waals surface area contributed by atoms with Crippen LogP contribution in [0.2, 0.25) is 5.02 Å². The minimum atomic E-state index is -0.149. The highest BCUT2D eigenvalue weighted by Crippen LogP contribution is 2.36. The van der Waals surface area contributed by atoms with Crippen LogP contribution in [0.5, 0.6) is 11.5 Å². The second kappa shape index (κ2) is 6.33. The van der Waals surface area contributed by atoms with E-state index in [-0.39, 0.29) is 18.6 Å². The summed E-state index contributed by atoms with van der Waals surface area (Å²) in [5.41, 5.74) is 0.438. The molecule has 110 valence electrons. The lowest BCUT2D eigenvalue weighted by molar-refractivity contribution is 0.0677. The number of methoxy groups -OCH3 is 2. The Balaban J connectivity index is 2.33. The van der Waals surface area contributed by atoms with Crippen molar-refractivity contribution in [3.05, 3.63) is 22.7 Å². The van der Waals surface area contributed by atoms with Crippen LogP contribution in [0.1, 0.15) is 23.2 Å². The molecule has 0 aliphatic carbocycles. The SMILES string of the molecule is COc1cc(C(=O)N2CCC[C@@H]2CO)cc(Cl)c1OC. The Morgan fingerprint density at radius 1 is 1.45 bits per heavy atom. The van der Waals surface area contributed by atoms with E-state index in [1.54, 1.807) is 17.0 Å². The molecule has 2 rings (SSSR count). The van der Waals surface area contributed by atoms with Gasteiger partial charge in [0.15, 0.2) is 11.5 Å². The largest absolute Gasteiger partial charge is 0.493 e. The van der Waals surface area contributed by atoms with Crippen molar-refractivity contribution in [3.8, 4) is 11.5 Å². The molecule has 6 heteroatoms. The van der Waals surface area contributed by atoms with Crippen molar-refractivity contribution in [1.82, 2.24) is 4.90 Å². The number of carbonyl (C=O) groups is 1. The Morgan fingerprint density at radius 3 is 2.80 bits per heavy atom. The van der Waals surface area contributed by atoms with Crippen LogP contribution in [0.4, 0.5) is 0 Å². The van der Waals surface area contributed by atoms with Crippen molar-refractivity contribution in [3.63, 3.8) is 0 Å². The van der Waals surface area contributed by atoms with Crippen molar-refractivity contribution < 1.29 is 19.4 Å². The third kappa shape index (κ3) is 2.69. The summed E-state index contributed by atoms with van der Waals surface area (Å²) in [5, 5.41) is 9.63. The smallest absolute Gasteiger partial charge is 0.254 e. The van der Waals surface area contributed by atoms with Crippen LogP contribution in [-0.4, -0.2) is 49.3 Å². The van der Waals surface area contributed by atoms with E-state index in [1.807, 2.05) is 0 Å². The highest BCUT2D eigenvalue weighted by atomic mass is 35.5. The van der Waals surface area contributed by atoms with E-state index >= 15 is 0 Å². The molecule has 0 unspecified atom stereocenters. The Labute approximate surface area is 123 Å². The van der Waals surface area contributed by atoms with E-state index in [1.165, 1.54) is 14.2 Å². The minimum Gasteiger partial charge on any atom is -0.493 e. The van der Waals surface area contributed by atoms with E-state index in [4.69, 9.17) is 21.1 Å². The van der Waals surface area contributed by atoms with Crippen molar-refractivity contribution in [2.24, 2.45) is 0 Å². The number of benzene rings is 1. The van der Waals surface area contributed by atoms with Crippen LogP contribution < -0.4 is 9.47 Å². The zero-order valence-corrected chi connectivity index (χ0v) is 12.3. The normalized spacial score (nSPS) is 18.2. The fourth-order valence-electron chi connectivity index (χ4n) is 2.50. The highest BCUT2D eigenvalue weighted by Gasteiger charge is 2.29. The zero-order chi connectivity index (χ0) is 14.7. The second-order valence-corrected chi connectivity index (χ2v) is 5.08. The van der Waals surface area contributed by atoms with Crippen LogP contribution >= 0.6 is 11.6 Å². The predicted molar refractivity (Wildman–Crippen MR) is 75.7 cm³/mol. The first kappa shape index (κ1) is 14.9. The lowest BCUT2D eigenvalue weighted by Crippen LogP contribution is -2.37. The molecule has 1 saturated heterocycles. The summed E-state index contributed by atoms with van der Waals surface area (Å²) in [6, 6.07) is 3.06. The number of carbonyl (C=O) groups excluding carboxylic acids is 1. The van der Waals surface area contributed by atoms with E-state index in [0.29, 0.717) is 28.6 Å². The first-order valence-corrected chi connectivity index (χ1v) is 6.83. The van der Waals surface area contributed by atoms with Gasteiger partial charge >= 0.3 is 0 Å². The molecule has 1 amide bonds. The van der Waals surface area contributed by atoms with Crippen LogP contribution in [-0.2, 0) is 0 Å². The Bertz CT molecular complexity index is 506. The Kier molecular flexibility index (Phi) is 4.73. The van der Waals surface area contributed by atoms with Gasteiger partial charge in [0.25, 0.3) is 5.91 Å². The van der Waals surface area contributed by atoms with Crippen molar-refractivity contribution >= 4 is 17.5 Å². The number of likely N-dealkylation sites (tertiary alicyclic amines) is 1. The van der Waals surface area contributed by atoms with Gasteiger partial charge in [0.1, 0.15) is 0 Å². The molecular formula is C14H18ClNO4. The second-order valence-electron chi connectivity index (χ2n) is 4.67. The molecule has 0 radical (unpaired) electrons. The molecule has 1 fully saturated rings. The average molecular weight is 300 g/mol.